The molecule has 0 saturated carbocycles. The summed E-state index contributed by atoms with van der Waals surface area (Å²) in [4.78, 5) is 23.4. The van der Waals surface area contributed by atoms with Crippen LogP contribution in [0.5, 0.6) is 0 Å². The Morgan fingerprint density at radius 3 is 2.50 bits per heavy atom. The minimum atomic E-state index is -1.19. The predicted octanol–water partition coefficient (Wildman–Crippen LogP) is 0.659. The van der Waals surface area contributed by atoms with Gasteiger partial charge in [-0.15, -0.1) is 0 Å². The van der Waals surface area contributed by atoms with Crippen LogP contribution in [0.2, 0.25) is 0 Å². The van der Waals surface area contributed by atoms with Crippen molar-refractivity contribution in [1.82, 2.24) is 0 Å². The van der Waals surface area contributed by atoms with Gasteiger partial charge >= 0.3 is 11.9 Å². The molecule has 2 aliphatic heterocycles. The number of rotatable bonds is 1. The maximum absolute atomic E-state index is 11.8. The van der Waals surface area contributed by atoms with Crippen LogP contribution < -0.4 is 0 Å². The van der Waals surface area contributed by atoms with E-state index < -0.39 is 23.1 Å². The first-order valence-corrected chi connectivity index (χ1v) is 5.36. The van der Waals surface area contributed by atoms with Gasteiger partial charge in [0.2, 0.25) is 5.60 Å². The minimum Gasteiger partial charge on any atom is -0.466 e. The number of hydrogen-bond donors (Lipinski definition) is 0. The van der Waals surface area contributed by atoms with E-state index in [1.807, 2.05) is 13.8 Å². The Kier molecular flexibility index (Phi) is 2.28. The molecule has 5 nitrogen and oxygen atoms in total. The second kappa shape index (κ2) is 3.20. The van der Waals surface area contributed by atoms with E-state index in [1.165, 1.54) is 7.11 Å². The molecule has 0 N–H and O–H groups in total. The van der Waals surface area contributed by atoms with E-state index in [9.17, 15) is 9.59 Å². The number of hydrogen-bond acceptors (Lipinski definition) is 5. The molecule has 0 aromatic rings. The van der Waals surface area contributed by atoms with E-state index in [0.717, 1.165) is 0 Å². The van der Waals surface area contributed by atoms with Gasteiger partial charge < -0.3 is 14.2 Å². The summed E-state index contributed by atoms with van der Waals surface area (Å²) in [5.41, 5.74) is -2.00. The highest BCUT2D eigenvalue weighted by Crippen LogP contribution is 2.49. The first-order chi connectivity index (χ1) is 7.36. The number of carbonyl (C=O) groups is 2. The summed E-state index contributed by atoms with van der Waals surface area (Å²) < 4.78 is 15.2. The lowest BCUT2D eigenvalue weighted by molar-refractivity contribution is -0.198. The number of ether oxygens (including phenoxy) is 3. The highest BCUT2D eigenvalue weighted by atomic mass is 16.7. The summed E-state index contributed by atoms with van der Waals surface area (Å²) in [5.74, 6) is -1.09. The Morgan fingerprint density at radius 1 is 1.50 bits per heavy atom. The van der Waals surface area contributed by atoms with Gasteiger partial charge in [-0.25, -0.2) is 9.59 Å². The van der Waals surface area contributed by atoms with Crippen molar-refractivity contribution in [3.8, 4) is 0 Å². The normalized spacial score (nSPS) is 46.4. The average molecular weight is 228 g/mol. The van der Waals surface area contributed by atoms with Crippen LogP contribution in [-0.4, -0.2) is 36.4 Å². The molecule has 0 aliphatic carbocycles. The molecule has 2 saturated heterocycles. The van der Waals surface area contributed by atoms with E-state index in [4.69, 9.17) is 9.47 Å². The quantitative estimate of drug-likeness (QED) is 0.487. The molecule has 4 atom stereocenters. The predicted molar refractivity (Wildman–Crippen MR) is 53.6 cm³/mol. The molecule has 2 fully saturated rings. The molecule has 0 amide bonds. The van der Waals surface area contributed by atoms with Crippen LogP contribution in [0.3, 0.4) is 0 Å². The van der Waals surface area contributed by atoms with E-state index in [2.05, 4.69) is 4.74 Å². The van der Waals surface area contributed by atoms with Crippen molar-refractivity contribution in [2.45, 2.75) is 44.5 Å². The van der Waals surface area contributed by atoms with E-state index in [1.54, 1.807) is 6.92 Å². The van der Waals surface area contributed by atoms with Gasteiger partial charge in [-0.2, -0.15) is 0 Å². The van der Waals surface area contributed by atoms with Gasteiger partial charge in [0.05, 0.1) is 13.2 Å². The molecule has 5 heteroatoms. The van der Waals surface area contributed by atoms with Gasteiger partial charge in [-0.1, -0.05) is 6.92 Å². The summed E-state index contributed by atoms with van der Waals surface area (Å²) in [6.07, 6.45) is 0.378. The van der Waals surface area contributed by atoms with Crippen LogP contribution in [0.15, 0.2) is 0 Å². The van der Waals surface area contributed by atoms with Crippen LogP contribution >= 0.6 is 0 Å². The van der Waals surface area contributed by atoms with Crippen molar-refractivity contribution in [2.24, 2.45) is 5.92 Å². The number of methoxy groups -OCH3 is 1. The lowest BCUT2D eigenvalue weighted by Crippen LogP contribution is -2.55. The fourth-order valence-electron chi connectivity index (χ4n) is 2.27. The molecule has 90 valence electrons. The lowest BCUT2D eigenvalue weighted by atomic mass is 9.79. The third-order valence-corrected chi connectivity index (χ3v) is 3.78. The Hall–Kier alpha value is -1.10. The molecular formula is C11H16O5. The SMILES string of the molecule is COC(=O)[C@]1(C)OC(=O)[C@]2(C[C@H]1C)O[C@H]2C. The molecule has 2 aliphatic rings. The van der Waals surface area contributed by atoms with E-state index in [-0.39, 0.29) is 12.0 Å². The topological polar surface area (TPSA) is 65.1 Å². The van der Waals surface area contributed by atoms with Crippen molar-refractivity contribution < 1.29 is 23.8 Å². The second-order valence-electron chi connectivity index (χ2n) is 4.74. The van der Waals surface area contributed by atoms with Crippen LogP contribution in [0.1, 0.15) is 27.2 Å². The Morgan fingerprint density at radius 2 is 2.06 bits per heavy atom. The largest absolute Gasteiger partial charge is 0.466 e. The Balaban J connectivity index is 2.22. The molecule has 0 aromatic heterocycles. The zero-order valence-electron chi connectivity index (χ0n) is 9.90. The first-order valence-electron chi connectivity index (χ1n) is 5.36. The molecule has 2 rings (SSSR count). The summed E-state index contributed by atoms with van der Waals surface area (Å²) in [6, 6.07) is 0. The lowest BCUT2D eigenvalue weighted by Gasteiger charge is -2.38. The summed E-state index contributed by atoms with van der Waals surface area (Å²) in [6.45, 7) is 5.27. The average Bonchev–Trinajstić information content (AvgIpc) is 2.86. The first kappa shape index (κ1) is 11.4. The summed E-state index contributed by atoms with van der Waals surface area (Å²) >= 11 is 0. The van der Waals surface area contributed by atoms with Crippen LogP contribution in [-0.2, 0) is 23.8 Å². The molecule has 0 unspecified atom stereocenters. The fourth-order valence-corrected chi connectivity index (χ4v) is 2.27. The molecule has 0 aromatic carbocycles. The van der Waals surface area contributed by atoms with Crippen molar-refractivity contribution in [2.75, 3.05) is 7.11 Å². The van der Waals surface area contributed by atoms with Crippen molar-refractivity contribution >= 4 is 11.9 Å². The summed E-state index contributed by atoms with van der Waals surface area (Å²) in [7, 11) is 1.29. The highest BCUT2D eigenvalue weighted by Gasteiger charge is 2.68. The Bertz CT molecular complexity index is 352. The number of epoxide rings is 1. The molecule has 16 heavy (non-hydrogen) atoms. The zero-order chi connectivity index (χ0) is 12.1. The van der Waals surface area contributed by atoms with Crippen molar-refractivity contribution in [3.63, 3.8) is 0 Å². The zero-order valence-corrected chi connectivity index (χ0v) is 9.90. The van der Waals surface area contributed by atoms with Gasteiger partial charge in [0.15, 0.2) is 5.60 Å². The van der Waals surface area contributed by atoms with Crippen LogP contribution in [0, 0.1) is 5.92 Å². The minimum absolute atomic E-state index is 0.121. The summed E-state index contributed by atoms with van der Waals surface area (Å²) in [5, 5.41) is 0. The molecule has 1 spiro atoms. The Labute approximate surface area is 94.0 Å². The standard InChI is InChI=1S/C11H16O5/c1-6-5-11(7(2)15-11)9(13)16-10(6,3)8(12)14-4/h6-7H,5H2,1-4H3/t6-,7+,10-,11-/m1/s1. The van der Waals surface area contributed by atoms with Crippen LogP contribution in [0.4, 0.5) is 0 Å². The second-order valence-corrected chi connectivity index (χ2v) is 4.74. The third kappa shape index (κ3) is 1.27. The molecule has 0 radical (unpaired) electrons. The smallest absolute Gasteiger partial charge is 0.350 e. The maximum Gasteiger partial charge on any atom is 0.350 e. The van der Waals surface area contributed by atoms with E-state index in [0.29, 0.717) is 6.42 Å². The molecule has 0 bridgehead atoms. The van der Waals surface area contributed by atoms with Gasteiger partial charge in [0.25, 0.3) is 0 Å². The van der Waals surface area contributed by atoms with Crippen molar-refractivity contribution in [3.05, 3.63) is 0 Å². The van der Waals surface area contributed by atoms with Gasteiger partial charge in [-0.3, -0.25) is 0 Å². The highest BCUT2D eigenvalue weighted by molar-refractivity contribution is 5.90. The third-order valence-electron chi connectivity index (χ3n) is 3.78. The number of esters is 2. The van der Waals surface area contributed by atoms with Gasteiger partial charge in [0, 0.05) is 5.92 Å². The van der Waals surface area contributed by atoms with Gasteiger partial charge in [0.1, 0.15) is 0 Å². The maximum atomic E-state index is 11.8. The monoisotopic (exact) mass is 228 g/mol. The molecular weight excluding hydrogens is 212 g/mol. The van der Waals surface area contributed by atoms with Crippen molar-refractivity contribution in [1.29, 1.82) is 0 Å². The van der Waals surface area contributed by atoms with E-state index >= 15 is 0 Å². The number of carbonyl (C=O) groups excluding carboxylic acids is 2. The fraction of sp³-hybridized carbons (Fsp3) is 0.818. The van der Waals surface area contributed by atoms with Crippen LogP contribution in [0.25, 0.3) is 0 Å². The number of cyclic esters (lactones) is 1. The van der Waals surface area contributed by atoms with Gasteiger partial charge in [-0.05, 0) is 20.3 Å². The molecule has 2 heterocycles.